The van der Waals surface area contributed by atoms with Gasteiger partial charge >= 0.3 is 0 Å². The fraction of sp³-hybridized carbons (Fsp3) is 0.320. The van der Waals surface area contributed by atoms with Gasteiger partial charge in [-0.3, -0.25) is 10.0 Å². The summed E-state index contributed by atoms with van der Waals surface area (Å²) < 4.78 is 56.7. The smallest absolute Gasteiger partial charge is 0.262 e. The second kappa shape index (κ2) is 12.3. The van der Waals surface area contributed by atoms with Gasteiger partial charge in [0.1, 0.15) is 16.5 Å². The summed E-state index contributed by atoms with van der Waals surface area (Å²) in [6.45, 7) is 12.5. The lowest BCUT2D eigenvalue weighted by Crippen LogP contribution is -2.53. The van der Waals surface area contributed by atoms with Crippen molar-refractivity contribution >= 4 is 37.6 Å². The van der Waals surface area contributed by atoms with Crippen LogP contribution in [0.15, 0.2) is 73.8 Å². The van der Waals surface area contributed by atoms with Crippen molar-refractivity contribution in [2.24, 2.45) is 0 Å². The molecule has 0 radical (unpaired) electrons. The normalized spacial score (nSPS) is 14.8. The van der Waals surface area contributed by atoms with Crippen LogP contribution in [0.25, 0.3) is 0 Å². The van der Waals surface area contributed by atoms with E-state index in [4.69, 9.17) is 16.8 Å². The molecule has 0 spiro atoms. The number of hydroxylamine groups is 1. The third-order valence-electron chi connectivity index (χ3n) is 5.62. The highest BCUT2D eigenvalue weighted by molar-refractivity contribution is 7.90. The second-order valence-corrected chi connectivity index (χ2v) is 13.5. The van der Waals surface area contributed by atoms with Crippen molar-refractivity contribution in [1.82, 2.24) is 14.9 Å². The van der Waals surface area contributed by atoms with E-state index in [1.165, 1.54) is 41.9 Å². The number of sulfonamides is 2. The van der Waals surface area contributed by atoms with Crippen LogP contribution in [0.3, 0.4) is 0 Å². The first-order valence-electron chi connectivity index (χ1n) is 11.2. The molecular weight excluding hydrogens is 538 g/mol. The highest BCUT2D eigenvalue weighted by Crippen LogP contribution is 2.28. The van der Waals surface area contributed by atoms with Gasteiger partial charge in [0.25, 0.3) is 5.91 Å². The maximum absolute atomic E-state index is 13.2. The Bertz CT molecular complexity index is 1320. The summed E-state index contributed by atoms with van der Waals surface area (Å²) in [5, 5.41) is 7.11. The average Bonchev–Trinajstić information content (AvgIpc) is 2.82. The number of carbonyl (C=O) groups excluding carboxylic acids is 1. The molecule has 2 aromatic carbocycles. The van der Waals surface area contributed by atoms with Gasteiger partial charge in [0.2, 0.25) is 20.0 Å². The van der Waals surface area contributed by atoms with Gasteiger partial charge in [0, 0.05) is 11.6 Å². The van der Waals surface area contributed by atoms with Crippen molar-refractivity contribution in [3.05, 3.63) is 95.6 Å². The molecule has 0 aromatic heterocycles. The Balaban J connectivity index is 2.27. The number of carbonyl (C=O) groups is 1. The number of hydrogen-bond acceptors (Lipinski definition) is 6. The van der Waals surface area contributed by atoms with Crippen molar-refractivity contribution in [2.45, 2.75) is 42.7 Å². The molecule has 0 aliphatic carbocycles. The number of benzene rings is 2. The van der Waals surface area contributed by atoms with Gasteiger partial charge in [-0.05, 0) is 34.2 Å². The minimum Gasteiger partial charge on any atom is -0.289 e. The molecule has 2 rings (SSSR count). The van der Waals surface area contributed by atoms with Crippen LogP contribution in [0.4, 0.5) is 0 Å². The predicted octanol–water partition coefficient (Wildman–Crippen LogP) is 3.50. The molecule has 202 valence electrons. The molecule has 12 heteroatoms. The lowest BCUT2D eigenvalue weighted by Gasteiger charge is -2.23. The van der Waals surface area contributed by atoms with Crippen LogP contribution in [-0.2, 0) is 30.3 Å². The molecule has 0 bridgehead atoms. The maximum Gasteiger partial charge on any atom is 0.262 e. The fourth-order valence-corrected chi connectivity index (χ4v) is 6.51. The van der Waals surface area contributed by atoms with Crippen LogP contribution in [0.1, 0.15) is 48.0 Å². The van der Waals surface area contributed by atoms with Gasteiger partial charge in [-0.15, -0.1) is 13.2 Å². The Hall–Kier alpha value is -2.54. The summed E-state index contributed by atoms with van der Waals surface area (Å²) in [4.78, 5) is 12.3. The van der Waals surface area contributed by atoms with E-state index in [1.54, 1.807) is 24.3 Å². The molecule has 0 heterocycles. The molecule has 37 heavy (non-hydrogen) atoms. The zero-order chi connectivity index (χ0) is 28.0. The summed E-state index contributed by atoms with van der Waals surface area (Å²) in [5.41, 5.74) is 2.98. The van der Waals surface area contributed by atoms with E-state index in [0.717, 1.165) is 5.56 Å². The molecule has 0 aliphatic heterocycles. The summed E-state index contributed by atoms with van der Waals surface area (Å²) >= 11 is 5.87. The maximum atomic E-state index is 13.2. The number of nitrogens with one attached hydrogen (secondary N) is 3. The Labute approximate surface area is 223 Å². The third-order valence-corrected chi connectivity index (χ3v) is 9.32. The Kier molecular flexibility index (Phi) is 10.2. The predicted molar refractivity (Wildman–Crippen MR) is 145 cm³/mol. The van der Waals surface area contributed by atoms with Crippen LogP contribution in [0, 0.1) is 0 Å². The first-order chi connectivity index (χ1) is 17.2. The minimum atomic E-state index is -4.29. The third kappa shape index (κ3) is 7.97. The minimum absolute atomic E-state index is 0.143. The lowest BCUT2D eigenvalue weighted by atomic mass is 9.86. The largest absolute Gasteiger partial charge is 0.289 e. The monoisotopic (exact) mass is 569 g/mol. The van der Waals surface area contributed by atoms with E-state index in [2.05, 4.69) is 22.6 Å². The van der Waals surface area contributed by atoms with Crippen LogP contribution in [-0.4, -0.2) is 40.5 Å². The molecule has 0 saturated heterocycles. The standard InChI is InChI=1S/C25H32ClN3O6S2/c1-6-22(18-10-14-20(26)15-11-18)36(32,33)27-16-21(24(30)28-31)29-37(34,35)23(7-2)17-8-12-19(13-9-17)25(3,4)5/h6-15,21-23,27,29,31H,1-2,16H2,3-5H3,(H,28,30). The molecular formula is C25H32ClN3O6S2. The second-order valence-electron chi connectivity index (χ2n) is 9.32. The summed E-state index contributed by atoms with van der Waals surface area (Å²) in [7, 11) is -8.44. The summed E-state index contributed by atoms with van der Waals surface area (Å²) in [6, 6.07) is 11.3. The van der Waals surface area contributed by atoms with Gasteiger partial charge < -0.3 is 0 Å². The highest BCUT2D eigenvalue weighted by Gasteiger charge is 2.33. The van der Waals surface area contributed by atoms with E-state index in [-0.39, 0.29) is 5.41 Å². The van der Waals surface area contributed by atoms with E-state index < -0.39 is 49.0 Å². The van der Waals surface area contributed by atoms with Crippen molar-refractivity contribution in [3.8, 4) is 0 Å². The quantitative estimate of drug-likeness (QED) is 0.175. The number of halogens is 1. The summed E-state index contributed by atoms with van der Waals surface area (Å²) in [6.07, 6.45) is 2.38. The molecule has 0 fully saturated rings. The summed E-state index contributed by atoms with van der Waals surface area (Å²) in [5.74, 6) is -1.15. The van der Waals surface area contributed by atoms with Crippen LogP contribution in [0.5, 0.6) is 0 Å². The SMILES string of the molecule is C=CC(c1ccc(Cl)cc1)S(=O)(=O)NCC(NS(=O)(=O)C(C=C)c1ccc(C(C)(C)C)cc1)C(=O)NO. The van der Waals surface area contributed by atoms with E-state index in [0.29, 0.717) is 16.1 Å². The van der Waals surface area contributed by atoms with Crippen LogP contribution >= 0.6 is 11.6 Å². The number of hydrogen-bond donors (Lipinski definition) is 4. The topological polar surface area (TPSA) is 142 Å². The van der Waals surface area contributed by atoms with E-state index in [1.807, 2.05) is 20.8 Å². The van der Waals surface area contributed by atoms with Gasteiger partial charge in [-0.1, -0.05) is 80.9 Å². The molecule has 1 amide bonds. The van der Waals surface area contributed by atoms with Crippen molar-refractivity contribution in [3.63, 3.8) is 0 Å². The van der Waals surface area contributed by atoms with Crippen LogP contribution < -0.4 is 14.9 Å². The first-order valence-corrected chi connectivity index (χ1v) is 14.7. The number of amides is 1. The van der Waals surface area contributed by atoms with Crippen molar-refractivity contribution in [1.29, 1.82) is 0 Å². The Morgan fingerprint density at radius 1 is 0.919 bits per heavy atom. The van der Waals surface area contributed by atoms with Crippen molar-refractivity contribution in [2.75, 3.05) is 6.54 Å². The van der Waals surface area contributed by atoms with Crippen molar-refractivity contribution < 1.29 is 26.8 Å². The molecule has 2 aromatic rings. The average molecular weight is 570 g/mol. The molecule has 3 atom stereocenters. The molecule has 0 saturated carbocycles. The van der Waals surface area contributed by atoms with E-state index >= 15 is 0 Å². The first kappa shape index (κ1) is 30.7. The lowest BCUT2D eigenvalue weighted by molar-refractivity contribution is -0.130. The van der Waals surface area contributed by atoms with Gasteiger partial charge in [0.05, 0.1) is 0 Å². The zero-order valence-corrected chi connectivity index (χ0v) is 23.2. The van der Waals surface area contributed by atoms with Crippen LogP contribution in [0.2, 0.25) is 5.02 Å². The van der Waals surface area contributed by atoms with Gasteiger partial charge in [-0.2, -0.15) is 0 Å². The molecule has 9 nitrogen and oxygen atoms in total. The zero-order valence-electron chi connectivity index (χ0n) is 20.8. The molecule has 3 unspecified atom stereocenters. The number of rotatable bonds is 12. The molecule has 0 aliphatic rings. The fourth-order valence-electron chi connectivity index (χ4n) is 3.54. The Morgan fingerprint density at radius 2 is 1.38 bits per heavy atom. The highest BCUT2D eigenvalue weighted by atomic mass is 35.5. The Morgan fingerprint density at radius 3 is 1.81 bits per heavy atom. The molecule has 4 N–H and O–H groups in total. The van der Waals surface area contributed by atoms with Gasteiger partial charge in [-0.25, -0.2) is 31.8 Å². The van der Waals surface area contributed by atoms with Gasteiger partial charge in [0.15, 0.2) is 0 Å². The van der Waals surface area contributed by atoms with E-state index in [9.17, 15) is 21.6 Å².